The van der Waals surface area contributed by atoms with Gasteiger partial charge in [0.1, 0.15) is 5.65 Å². The monoisotopic (exact) mass is 342 g/mol. The molecule has 25 heavy (non-hydrogen) atoms. The molecule has 1 N–H and O–H groups in total. The van der Waals surface area contributed by atoms with Crippen LogP contribution >= 0.6 is 0 Å². The summed E-state index contributed by atoms with van der Waals surface area (Å²) in [6.07, 6.45) is 3.31. The molecule has 0 aromatic carbocycles. The quantitative estimate of drug-likeness (QED) is 0.668. The number of likely N-dealkylation sites (N-methyl/N-ethyl adjacent to an activating group) is 1. The van der Waals surface area contributed by atoms with Gasteiger partial charge < -0.3 is 14.6 Å². The van der Waals surface area contributed by atoms with E-state index in [2.05, 4.69) is 57.5 Å². The van der Waals surface area contributed by atoms with Gasteiger partial charge in [-0.2, -0.15) is 0 Å². The minimum absolute atomic E-state index is 0.631. The predicted octanol–water partition coefficient (Wildman–Crippen LogP) is 2.13. The molecular weight excluding hydrogens is 312 g/mol. The van der Waals surface area contributed by atoms with Crippen molar-refractivity contribution in [3.8, 4) is 0 Å². The molecular formula is C19H30N6. The molecule has 6 nitrogen and oxygen atoms in total. The normalized spacial score (nSPS) is 18.5. The Bertz CT molecular complexity index is 731. The lowest BCUT2D eigenvalue weighted by molar-refractivity contribution is 0.223. The number of rotatable bonds is 5. The van der Waals surface area contributed by atoms with Gasteiger partial charge in [-0.25, -0.2) is 4.98 Å². The standard InChI is InChI=1S/C19H30N6/c1-5-23(6-2)17-10-11-24(14-17)19(20-4)21-12-16-13-25-15(3)8-7-9-18(25)22-16/h7-9,13,17H,5-6,10-12,14H2,1-4H3,(H,20,21). The fourth-order valence-corrected chi connectivity index (χ4v) is 3.76. The summed E-state index contributed by atoms with van der Waals surface area (Å²) >= 11 is 0. The fourth-order valence-electron chi connectivity index (χ4n) is 3.76. The van der Waals surface area contributed by atoms with E-state index in [1.54, 1.807) is 0 Å². The number of aliphatic imine (C=N–C) groups is 1. The average molecular weight is 342 g/mol. The molecule has 0 bridgehead atoms. The van der Waals surface area contributed by atoms with Crippen LogP contribution in [0.15, 0.2) is 29.4 Å². The topological polar surface area (TPSA) is 48.2 Å². The first kappa shape index (κ1) is 17.7. The number of likely N-dealkylation sites (tertiary alicyclic amines) is 1. The van der Waals surface area contributed by atoms with E-state index in [1.807, 2.05) is 19.2 Å². The zero-order chi connectivity index (χ0) is 17.8. The van der Waals surface area contributed by atoms with Crippen LogP contribution in [0.1, 0.15) is 31.7 Å². The summed E-state index contributed by atoms with van der Waals surface area (Å²) in [5.41, 5.74) is 3.23. The Morgan fingerprint density at radius 3 is 2.84 bits per heavy atom. The molecule has 2 aromatic rings. The zero-order valence-corrected chi connectivity index (χ0v) is 15.9. The highest BCUT2D eigenvalue weighted by molar-refractivity contribution is 5.80. The first-order valence-corrected chi connectivity index (χ1v) is 9.29. The molecule has 0 saturated carbocycles. The lowest BCUT2D eigenvalue weighted by atomic mass is 10.2. The Balaban J connectivity index is 1.62. The Labute approximate surface area is 150 Å². The first-order valence-electron chi connectivity index (χ1n) is 9.29. The molecule has 136 valence electrons. The maximum absolute atomic E-state index is 4.69. The van der Waals surface area contributed by atoms with Gasteiger partial charge >= 0.3 is 0 Å². The number of nitrogens with zero attached hydrogens (tertiary/aromatic N) is 5. The van der Waals surface area contributed by atoms with Crippen molar-refractivity contribution in [3.63, 3.8) is 0 Å². The third-order valence-corrected chi connectivity index (χ3v) is 5.18. The molecule has 2 aromatic heterocycles. The summed E-state index contributed by atoms with van der Waals surface area (Å²) < 4.78 is 2.13. The second-order valence-electron chi connectivity index (χ2n) is 6.64. The van der Waals surface area contributed by atoms with E-state index < -0.39 is 0 Å². The Hall–Kier alpha value is -2.08. The third kappa shape index (κ3) is 3.79. The lowest BCUT2D eigenvalue weighted by Crippen LogP contribution is -2.43. The Morgan fingerprint density at radius 2 is 2.16 bits per heavy atom. The minimum Gasteiger partial charge on any atom is -0.351 e. The lowest BCUT2D eigenvalue weighted by Gasteiger charge is -2.27. The Kier molecular flexibility index (Phi) is 5.58. The van der Waals surface area contributed by atoms with Gasteiger partial charge in [0.25, 0.3) is 0 Å². The van der Waals surface area contributed by atoms with E-state index in [0.717, 1.165) is 43.5 Å². The van der Waals surface area contributed by atoms with E-state index >= 15 is 0 Å². The fraction of sp³-hybridized carbons (Fsp3) is 0.579. The van der Waals surface area contributed by atoms with Crippen LogP contribution in [0, 0.1) is 6.92 Å². The number of guanidine groups is 1. The van der Waals surface area contributed by atoms with Crippen molar-refractivity contribution in [1.82, 2.24) is 24.5 Å². The van der Waals surface area contributed by atoms with Gasteiger partial charge in [0.15, 0.2) is 5.96 Å². The van der Waals surface area contributed by atoms with E-state index in [9.17, 15) is 0 Å². The molecule has 0 spiro atoms. The number of aromatic nitrogens is 2. The first-order chi connectivity index (χ1) is 12.2. The summed E-state index contributed by atoms with van der Waals surface area (Å²) in [6.45, 7) is 11.6. The van der Waals surface area contributed by atoms with Gasteiger partial charge in [-0.3, -0.25) is 9.89 Å². The highest BCUT2D eigenvalue weighted by Gasteiger charge is 2.27. The molecule has 1 aliphatic rings. The number of hydrogen-bond acceptors (Lipinski definition) is 3. The highest BCUT2D eigenvalue weighted by atomic mass is 15.3. The molecule has 0 radical (unpaired) electrons. The van der Waals surface area contributed by atoms with Crippen LogP contribution in [0.4, 0.5) is 0 Å². The molecule has 1 unspecified atom stereocenters. The molecule has 6 heteroatoms. The molecule has 1 aliphatic heterocycles. The van der Waals surface area contributed by atoms with Gasteiger partial charge in [0, 0.05) is 38.1 Å². The molecule has 3 heterocycles. The van der Waals surface area contributed by atoms with Crippen molar-refractivity contribution in [2.24, 2.45) is 4.99 Å². The van der Waals surface area contributed by atoms with Gasteiger partial charge in [0.05, 0.1) is 12.2 Å². The summed E-state index contributed by atoms with van der Waals surface area (Å²) in [7, 11) is 1.86. The molecule has 0 aliphatic carbocycles. The van der Waals surface area contributed by atoms with Crippen LogP contribution in [-0.4, -0.2) is 64.4 Å². The summed E-state index contributed by atoms with van der Waals surface area (Å²) in [5.74, 6) is 0.975. The molecule has 1 atom stereocenters. The van der Waals surface area contributed by atoms with Crippen molar-refractivity contribution in [3.05, 3.63) is 35.8 Å². The average Bonchev–Trinajstić information content (AvgIpc) is 3.25. The molecule has 1 saturated heterocycles. The number of pyridine rings is 1. The van der Waals surface area contributed by atoms with Crippen LogP contribution in [0.5, 0.6) is 0 Å². The number of aryl methyl sites for hydroxylation is 1. The van der Waals surface area contributed by atoms with E-state index in [4.69, 9.17) is 4.98 Å². The minimum atomic E-state index is 0.631. The smallest absolute Gasteiger partial charge is 0.194 e. The van der Waals surface area contributed by atoms with Gasteiger partial charge in [-0.05, 0) is 38.6 Å². The number of fused-ring (bicyclic) bond motifs is 1. The van der Waals surface area contributed by atoms with Crippen LogP contribution in [-0.2, 0) is 6.54 Å². The summed E-state index contributed by atoms with van der Waals surface area (Å²) in [6, 6.07) is 6.82. The van der Waals surface area contributed by atoms with Gasteiger partial charge in [-0.15, -0.1) is 0 Å². The number of hydrogen-bond donors (Lipinski definition) is 1. The van der Waals surface area contributed by atoms with E-state index in [-0.39, 0.29) is 0 Å². The SMILES string of the molecule is CCN(CC)C1CCN(C(=NC)NCc2cn3c(C)cccc3n2)C1. The van der Waals surface area contributed by atoms with Crippen LogP contribution < -0.4 is 5.32 Å². The highest BCUT2D eigenvalue weighted by Crippen LogP contribution is 2.16. The maximum atomic E-state index is 4.69. The van der Waals surface area contributed by atoms with Crippen molar-refractivity contribution < 1.29 is 0 Å². The van der Waals surface area contributed by atoms with Crippen molar-refractivity contribution >= 4 is 11.6 Å². The molecule has 1 fully saturated rings. The van der Waals surface area contributed by atoms with Gasteiger partial charge in [0.2, 0.25) is 0 Å². The van der Waals surface area contributed by atoms with Crippen molar-refractivity contribution in [2.45, 2.75) is 39.8 Å². The predicted molar refractivity (Wildman–Crippen MR) is 103 cm³/mol. The van der Waals surface area contributed by atoms with Crippen molar-refractivity contribution in [2.75, 3.05) is 33.2 Å². The second-order valence-corrected chi connectivity index (χ2v) is 6.64. The number of nitrogens with one attached hydrogen (secondary N) is 1. The molecule has 0 amide bonds. The summed E-state index contributed by atoms with van der Waals surface area (Å²) in [4.78, 5) is 14.1. The van der Waals surface area contributed by atoms with Gasteiger partial charge in [-0.1, -0.05) is 19.9 Å². The van der Waals surface area contributed by atoms with Crippen LogP contribution in [0.25, 0.3) is 5.65 Å². The van der Waals surface area contributed by atoms with E-state index in [1.165, 1.54) is 12.1 Å². The van der Waals surface area contributed by atoms with Crippen LogP contribution in [0.2, 0.25) is 0 Å². The maximum Gasteiger partial charge on any atom is 0.194 e. The number of imidazole rings is 1. The Morgan fingerprint density at radius 1 is 1.36 bits per heavy atom. The molecule has 3 rings (SSSR count). The summed E-state index contributed by atoms with van der Waals surface area (Å²) in [5, 5.41) is 3.49. The third-order valence-electron chi connectivity index (χ3n) is 5.18. The zero-order valence-electron chi connectivity index (χ0n) is 15.9. The van der Waals surface area contributed by atoms with Crippen molar-refractivity contribution in [1.29, 1.82) is 0 Å². The van der Waals surface area contributed by atoms with E-state index in [0.29, 0.717) is 12.6 Å². The largest absolute Gasteiger partial charge is 0.351 e. The second kappa shape index (κ2) is 7.87. The van der Waals surface area contributed by atoms with Crippen LogP contribution in [0.3, 0.4) is 0 Å².